The Hall–Kier alpha value is 0.520. The van der Waals surface area contributed by atoms with Gasteiger partial charge in [-0.1, -0.05) is 0 Å². The van der Waals surface area contributed by atoms with Crippen molar-refractivity contribution in [1.29, 1.82) is 0 Å². The third-order valence-electron chi connectivity index (χ3n) is 4.97. The van der Waals surface area contributed by atoms with Crippen LogP contribution in [-0.2, 0) is 4.79 Å². The standard InChI is InChI=1S/C11H16O2S3/c12-10(13)11-1-4-7(14)5(2-11)9(16)6(3-11)8(4)15/h4-9,14-16H,1-3H2,(H,12,13). The second-order valence-electron chi connectivity index (χ2n) is 5.66. The molecule has 0 radical (unpaired) electrons. The molecule has 0 atom stereocenters. The van der Waals surface area contributed by atoms with E-state index in [1.165, 1.54) is 0 Å². The molecule has 0 aromatic carbocycles. The lowest BCUT2D eigenvalue weighted by molar-refractivity contribution is -0.162. The Morgan fingerprint density at radius 1 is 0.938 bits per heavy atom. The minimum atomic E-state index is -0.617. The molecular formula is C11H16O2S3. The van der Waals surface area contributed by atoms with Gasteiger partial charge in [0.1, 0.15) is 0 Å². The fourth-order valence-electron chi connectivity index (χ4n) is 4.15. The third kappa shape index (κ3) is 1.28. The Morgan fingerprint density at radius 2 is 1.25 bits per heavy atom. The summed E-state index contributed by atoms with van der Waals surface area (Å²) in [5, 5.41) is 10.3. The largest absolute Gasteiger partial charge is 0.481 e. The number of carboxylic acids is 1. The van der Waals surface area contributed by atoms with E-state index in [9.17, 15) is 9.90 Å². The van der Waals surface area contributed by atoms with E-state index in [1.807, 2.05) is 0 Å². The minimum absolute atomic E-state index is 0.286. The Labute approximate surface area is 112 Å². The maximum atomic E-state index is 11.5. The Balaban J connectivity index is 2.02. The summed E-state index contributed by atoms with van der Waals surface area (Å²) in [5.41, 5.74) is -0.488. The third-order valence-corrected chi connectivity index (χ3v) is 7.26. The number of hydrogen-bond acceptors (Lipinski definition) is 4. The van der Waals surface area contributed by atoms with Crippen LogP contribution in [0.3, 0.4) is 0 Å². The van der Waals surface area contributed by atoms with Crippen molar-refractivity contribution in [3.63, 3.8) is 0 Å². The monoisotopic (exact) mass is 276 g/mol. The summed E-state index contributed by atoms with van der Waals surface area (Å²) in [5.74, 6) is 0.434. The molecule has 2 nitrogen and oxygen atoms in total. The molecule has 4 aliphatic carbocycles. The molecule has 0 heterocycles. The van der Waals surface area contributed by atoms with Gasteiger partial charge in [-0.3, -0.25) is 4.79 Å². The summed E-state index contributed by atoms with van der Waals surface area (Å²) < 4.78 is 0. The highest BCUT2D eigenvalue weighted by Gasteiger charge is 2.63. The predicted octanol–water partition coefficient (Wildman–Crippen LogP) is 2.01. The number of aliphatic carboxylic acids is 1. The van der Waals surface area contributed by atoms with Crippen LogP contribution in [0.25, 0.3) is 0 Å². The van der Waals surface area contributed by atoms with Gasteiger partial charge < -0.3 is 5.11 Å². The zero-order valence-electron chi connectivity index (χ0n) is 8.78. The highest BCUT2D eigenvalue weighted by atomic mass is 32.1. The average Bonchev–Trinajstić information content (AvgIpc) is 2.24. The Kier molecular flexibility index (Phi) is 2.55. The summed E-state index contributed by atoms with van der Waals surface area (Å²) in [6.45, 7) is 0. The molecule has 0 amide bonds. The fourth-order valence-corrected chi connectivity index (χ4v) is 6.30. The maximum absolute atomic E-state index is 11.5. The van der Waals surface area contributed by atoms with Gasteiger partial charge in [-0.05, 0) is 37.0 Å². The van der Waals surface area contributed by atoms with Crippen molar-refractivity contribution in [3.05, 3.63) is 0 Å². The maximum Gasteiger partial charge on any atom is 0.309 e. The normalized spacial score (nSPS) is 58.9. The molecule has 90 valence electrons. The molecule has 4 saturated carbocycles. The van der Waals surface area contributed by atoms with Gasteiger partial charge in [0.15, 0.2) is 0 Å². The van der Waals surface area contributed by atoms with E-state index in [-0.39, 0.29) is 15.7 Å². The lowest BCUT2D eigenvalue weighted by Crippen LogP contribution is -2.63. The topological polar surface area (TPSA) is 37.3 Å². The second kappa shape index (κ2) is 3.51. The van der Waals surface area contributed by atoms with Crippen molar-refractivity contribution in [2.75, 3.05) is 0 Å². The molecule has 4 fully saturated rings. The van der Waals surface area contributed by atoms with Crippen molar-refractivity contribution in [2.24, 2.45) is 23.2 Å². The molecule has 0 unspecified atom stereocenters. The number of carboxylic acid groups (broad SMARTS) is 1. The smallest absolute Gasteiger partial charge is 0.309 e. The van der Waals surface area contributed by atoms with Crippen LogP contribution in [0.4, 0.5) is 0 Å². The number of rotatable bonds is 1. The SMILES string of the molecule is O=C(O)C12CC3C(S)C(C1)C(S)C(C2)C3S. The van der Waals surface area contributed by atoms with Gasteiger partial charge in [0.2, 0.25) is 0 Å². The first-order valence-electron chi connectivity index (χ1n) is 5.74. The summed E-state index contributed by atoms with van der Waals surface area (Å²) >= 11 is 14.0. The van der Waals surface area contributed by atoms with Crippen LogP contribution in [0, 0.1) is 23.2 Å². The zero-order chi connectivity index (χ0) is 11.7. The highest BCUT2D eigenvalue weighted by Crippen LogP contribution is 2.63. The molecule has 4 aliphatic rings. The quantitative estimate of drug-likeness (QED) is 0.553. The summed E-state index contributed by atoms with van der Waals surface area (Å²) in [7, 11) is 0. The van der Waals surface area contributed by atoms with Crippen molar-refractivity contribution < 1.29 is 9.90 Å². The van der Waals surface area contributed by atoms with Crippen LogP contribution in [0.5, 0.6) is 0 Å². The second-order valence-corrected chi connectivity index (χ2v) is 7.45. The van der Waals surface area contributed by atoms with E-state index < -0.39 is 11.4 Å². The number of hydrogen-bond donors (Lipinski definition) is 4. The van der Waals surface area contributed by atoms with Gasteiger partial charge in [0.05, 0.1) is 5.41 Å². The van der Waals surface area contributed by atoms with Gasteiger partial charge in [-0.15, -0.1) is 0 Å². The molecule has 1 N–H and O–H groups in total. The van der Waals surface area contributed by atoms with Crippen molar-refractivity contribution >= 4 is 43.9 Å². The predicted molar refractivity (Wildman–Crippen MR) is 72.7 cm³/mol. The molecule has 16 heavy (non-hydrogen) atoms. The van der Waals surface area contributed by atoms with Crippen LogP contribution in [-0.4, -0.2) is 26.8 Å². The van der Waals surface area contributed by atoms with Crippen LogP contribution in [0.2, 0.25) is 0 Å². The molecule has 0 saturated heterocycles. The van der Waals surface area contributed by atoms with Crippen LogP contribution >= 0.6 is 37.9 Å². The van der Waals surface area contributed by atoms with Crippen molar-refractivity contribution in [2.45, 2.75) is 35.0 Å². The van der Waals surface area contributed by atoms with Gasteiger partial charge in [0, 0.05) is 15.7 Å². The molecule has 4 bridgehead atoms. The van der Waals surface area contributed by atoms with E-state index >= 15 is 0 Å². The van der Waals surface area contributed by atoms with E-state index in [2.05, 4.69) is 37.9 Å². The average molecular weight is 276 g/mol. The van der Waals surface area contributed by atoms with Gasteiger partial charge in [-0.25, -0.2) is 0 Å². The summed E-state index contributed by atoms with van der Waals surface area (Å²) in [6, 6.07) is 0. The number of carbonyl (C=O) groups is 1. The Bertz CT molecular complexity index is 293. The first-order valence-corrected chi connectivity index (χ1v) is 7.29. The number of thiol groups is 3. The first kappa shape index (κ1) is 11.6. The Morgan fingerprint density at radius 3 is 1.50 bits per heavy atom. The van der Waals surface area contributed by atoms with Crippen LogP contribution < -0.4 is 0 Å². The van der Waals surface area contributed by atoms with Gasteiger partial charge in [-0.2, -0.15) is 37.9 Å². The first-order chi connectivity index (χ1) is 7.46. The lowest BCUT2D eigenvalue weighted by atomic mass is 9.49. The minimum Gasteiger partial charge on any atom is -0.481 e. The lowest BCUT2D eigenvalue weighted by Gasteiger charge is -2.62. The molecule has 0 aromatic heterocycles. The molecule has 4 rings (SSSR count). The highest BCUT2D eigenvalue weighted by molar-refractivity contribution is 7.83. The fraction of sp³-hybridized carbons (Fsp3) is 0.909. The van der Waals surface area contributed by atoms with Crippen LogP contribution in [0.15, 0.2) is 0 Å². The molecule has 0 spiro atoms. The van der Waals surface area contributed by atoms with Gasteiger partial charge >= 0.3 is 5.97 Å². The molecule has 0 aliphatic heterocycles. The zero-order valence-corrected chi connectivity index (χ0v) is 11.5. The summed E-state index contributed by atoms with van der Waals surface area (Å²) in [6.07, 6.45) is 2.29. The van der Waals surface area contributed by atoms with E-state index in [0.29, 0.717) is 17.8 Å². The van der Waals surface area contributed by atoms with E-state index in [1.54, 1.807) is 0 Å². The molecular weight excluding hydrogens is 260 g/mol. The van der Waals surface area contributed by atoms with E-state index in [0.717, 1.165) is 19.3 Å². The van der Waals surface area contributed by atoms with E-state index in [4.69, 9.17) is 0 Å². The molecule has 0 aromatic rings. The van der Waals surface area contributed by atoms with Gasteiger partial charge in [0.25, 0.3) is 0 Å². The van der Waals surface area contributed by atoms with Crippen molar-refractivity contribution in [3.8, 4) is 0 Å². The summed E-state index contributed by atoms with van der Waals surface area (Å²) in [4.78, 5) is 11.5. The van der Waals surface area contributed by atoms with Crippen molar-refractivity contribution in [1.82, 2.24) is 0 Å². The molecule has 5 heteroatoms. The van der Waals surface area contributed by atoms with Crippen LogP contribution in [0.1, 0.15) is 19.3 Å².